The summed E-state index contributed by atoms with van der Waals surface area (Å²) in [6.45, 7) is 2.51. The summed E-state index contributed by atoms with van der Waals surface area (Å²) in [6.07, 6.45) is 0.803. The fraction of sp³-hybridized carbons (Fsp3) is 0.429. The Kier molecular flexibility index (Phi) is 6.36. The van der Waals surface area contributed by atoms with Crippen molar-refractivity contribution in [1.82, 2.24) is 5.32 Å². The van der Waals surface area contributed by atoms with Gasteiger partial charge in [0.15, 0.2) is 0 Å². The molecule has 0 atom stereocenters. The normalized spacial score (nSPS) is 9.90. The summed E-state index contributed by atoms with van der Waals surface area (Å²) in [4.78, 5) is 23.1. The van der Waals surface area contributed by atoms with E-state index in [0.29, 0.717) is 36.6 Å². The third-order valence-electron chi connectivity index (χ3n) is 2.62. The molecule has 1 rings (SSSR count). The summed E-state index contributed by atoms with van der Waals surface area (Å²) in [5.74, 6) is -0.0802. The van der Waals surface area contributed by atoms with Crippen LogP contribution >= 0.6 is 0 Å². The molecule has 0 saturated heterocycles. The Morgan fingerprint density at radius 1 is 1.35 bits per heavy atom. The van der Waals surface area contributed by atoms with E-state index in [1.165, 1.54) is 7.11 Å². The molecule has 0 aromatic heterocycles. The SMILES string of the molecule is CCOC(=O)CCCNC(=O)c1cc(N)ccc1OC. The molecule has 0 bridgehead atoms. The Labute approximate surface area is 118 Å². The van der Waals surface area contributed by atoms with Crippen LogP contribution in [0.25, 0.3) is 0 Å². The highest BCUT2D eigenvalue weighted by Crippen LogP contribution is 2.20. The number of methoxy groups -OCH3 is 1. The molecule has 6 nitrogen and oxygen atoms in total. The lowest BCUT2D eigenvalue weighted by atomic mass is 10.1. The van der Waals surface area contributed by atoms with Crippen LogP contribution in [-0.2, 0) is 9.53 Å². The highest BCUT2D eigenvalue weighted by molar-refractivity contribution is 5.97. The van der Waals surface area contributed by atoms with E-state index in [-0.39, 0.29) is 18.3 Å². The van der Waals surface area contributed by atoms with Crippen LogP contribution in [-0.4, -0.2) is 32.1 Å². The van der Waals surface area contributed by atoms with Gasteiger partial charge in [0.25, 0.3) is 5.91 Å². The molecule has 0 unspecified atom stereocenters. The molecule has 0 fully saturated rings. The summed E-state index contributed by atoms with van der Waals surface area (Å²) >= 11 is 0. The third kappa shape index (κ3) is 4.79. The van der Waals surface area contributed by atoms with E-state index in [9.17, 15) is 9.59 Å². The Morgan fingerprint density at radius 3 is 2.75 bits per heavy atom. The summed E-state index contributed by atoms with van der Waals surface area (Å²) in [6, 6.07) is 4.86. The summed E-state index contributed by atoms with van der Waals surface area (Å²) in [5, 5.41) is 2.72. The van der Waals surface area contributed by atoms with Crippen molar-refractivity contribution in [1.29, 1.82) is 0 Å². The molecule has 20 heavy (non-hydrogen) atoms. The van der Waals surface area contributed by atoms with E-state index in [2.05, 4.69) is 5.32 Å². The lowest BCUT2D eigenvalue weighted by molar-refractivity contribution is -0.143. The summed E-state index contributed by atoms with van der Waals surface area (Å²) in [5.41, 5.74) is 6.52. The highest BCUT2D eigenvalue weighted by Gasteiger charge is 2.12. The number of amides is 1. The first-order chi connectivity index (χ1) is 9.58. The minimum atomic E-state index is -0.280. The molecule has 6 heteroatoms. The van der Waals surface area contributed by atoms with Crippen molar-refractivity contribution in [2.75, 3.05) is 26.0 Å². The number of benzene rings is 1. The van der Waals surface area contributed by atoms with E-state index >= 15 is 0 Å². The van der Waals surface area contributed by atoms with Crippen molar-refractivity contribution in [2.24, 2.45) is 0 Å². The first-order valence-corrected chi connectivity index (χ1v) is 6.45. The zero-order chi connectivity index (χ0) is 15.0. The quantitative estimate of drug-likeness (QED) is 0.447. The zero-order valence-corrected chi connectivity index (χ0v) is 11.8. The fourth-order valence-electron chi connectivity index (χ4n) is 1.67. The van der Waals surface area contributed by atoms with Gasteiger partial charge in [-0.3, -0.25) is 9.59 Å². The topological polar surface area (TPSA) is 90.7 Å². The Hall–Kier alpha value is -2.24. The van der Waals surface area contributed by atoms with Crippen LogP contribution in [0.15, 0.2) is 18.2 Å². The summed E-state index contributed by atoms with van der Waals surface area (Å²) in [7, 11) is 1.49. The van der Waals surface area contributed by atoms with Crippen molar-refractivity contribution in [3.8, 4) is 5.75 Å². The molecule has 0 radical (unpaired) electrons. The maximum atomic E-state index is 12.0. The van der Waals surface area contributed by atoms with Crippen LogP contribution < -0.4 is 15.8 Å². The highest BCUT2D eigenvalue weighted by atomic mass is 16.5. The first-order valence-electron chi connectivity index (χ1n) is 6.45. The number of rotatable bonds is 7. The van der Waals surface area contributed by atoms with E-state index < -0.39 is 0 Å². The number of esters is 1. The molecule has 1 aromatic carbocycles. The molecule has 1 amide bonds. The molecule has 0 aliphatic rings. The second kappa shape index (κ2) is 8.04. The molecule has 0 aliphatic carbocycles. The van der Waals surface area contributed by atoms with Crippen molar-refractivity contribution in [3.05, 3.63) is 23.8 Å². The lowest BCUT2D eigenvalue weighted by Crippen LogP contribution is -2.25. The Morgan fingerprint density at radius 2 is 2.10 bits per heavy atom. The Bertz CT molecular complexity index is 474. The average Bonchev–Trinajstić information content (AvgIpc) is 2.43. The van der Waals surface area contributed by atoms with Gasteiger partial charge in [-0.05, 0) is 31.5 Å². The van der Waals surface area contributed by atoms with Gasteiger partial charge in [-0.1, -0.05) is 0 Å². The van der Waals surface area contributed by atoms with Gasteiger partial charge in [-0.2, -0.15) is 0 Å². The van der Waals surface area contributed by atoms with E-state index in [4.69, 9.17) is 15.2 Å². The second-order valence-corrected chi connectivity index (χ2v) is 4.12. The fourth-order valence-corrected chi connectivity index (χ4v) is 1.67. The lowest BCUT2D eigenvalue weighted by Gasteiger charge is -2.10. The first kappa shape index (κ1) is 15.8. The van der Waals surface area contributed by atoms with E-state index in [1.807, 2.05) is 0 Å². The minimum Gasteiger partial charge on any atom is -0.496 e. The molecule has 0 saturated carbocycles. The van der Waals surface area contributed by atoms with E-state index in [0.717, 1.165) is 0 Å². The van der Waals surface area contributed by atoms with Crippen LogP contribution in [0.4, 0.5) is 5.69 Å². The monoisotopic (exact) mass is 280 g/mol. The van der Waals surface area contributed by atoms with Crippen LogP contribution in [0.5, 0.6) is 5.75 Å². The largest absolute Gasteiger partial charge is 0.496 e. The van der Waals surface area contributed by atoms with Crippen LogP contribution in [0, 0.1) is 0 Å². The van der Waals surface area contributed by atoms with Gasteiger partial charge in [0, 0.05) is 18.7 Å². The van der Waals surface area contributed by atoms with E-state index in [1.54, 1.807) is 25.1 Å². The zero-order valence-electron chi connectivity index (χ0n) is 11.8. The van der Waals surface area contributed by atoms with Crippen LogP contribution in [0.2, 0.25) is 0 Å². The number of nitrogens with two attached hydrogens (primary N) is 1. The number of hydrogen-bond donors (Lipinski definition) is 2. The van der Waals surface area contributed by atoms with Crippen molar-refractivity contribution >= 4 is 17.6 Å². The minimum absolute atomic E-state index is 0.261. The second-order valence-electron chi connectivity index (χ2n) is 4.12. The van der Waals surface area contributed by atoms with Crippen molar-refractivity contribution < 1.29 is 19.1 Å². The molecular weight excluding hydrogens is 260 g/mol. The molecule has 0 aliphatic heterocycles. The number of hydrogen-bond acceptors (Lipinski definition) is 5. The number of carbonyl (C=O) groups excluding carboxylic acids is 2. The van der Waals surface area contributed by atoms with Gasteiger partial charge < -0.3 is 20.5 Å². The molecule has 3 N–H and O–H groups in total. The maximum absolute atomic E-state index is 12.0. The van der Waals surface area contributed by atoms with Crippen molar-refractivity contribution in [2.45, 2.75) is 19.8 Å². The summed E-state index contributed by atoms with van der Waals surface area (Å²) < 4.78 is 9.91. The number of anilines is 1. The van der Waals surface area contributed by atoms with Gasteiger partial charge in [-0.25, -0.2) is 0 Å². The number of nitrogen functional groups attached to an aromatic ring is 1. The average molecular weight is 280 g/mol. The Balaban J connectivity index is 2.47. The standard InChI is InChI=1S/C14H20N2O4/c1-3-20-13(17)5-4-8-16-14(18)11-9-10(15)6-7-12(11)19-2/h6-7,9H,3-5,8,15H2,1-2H3,(H,16,18). The predicted octanol–water partition coefficient (Wildman–Crippen LogP) is 1.35. The molecule has 0 heterocycles. The van der Waals surface area contributed by atoms with Crippen LogP contribution in [0.3, 0.4) is 0 Å². The number of carbonyl (C=O) groups is 2. The van der Waals surface area contributed by atoms with Gasteiger partial charge in [-0.15, -0.1) is 0 Å². The van der Waals surface area contributed by atoms with Crippen molar-refractivity contribution in [3.63, 3.8) is 0 Å². The van der Waals surface area contributed by atoms with Crippen LogP contribution in [0.1, 0.15) is 30.1 Å². The van der Waals surface area contributed by atoms with Gasteiger partial charge >= 0.3 is 5.97 Å². The smallest absolute Gasteiger partial charge is 0.305 e. The van der Waals surface area contributed by atoms with Gasteiger partial charge in [0.2, 0.25) is 0 Å². The van der Waals surface area contributed by atoms with Gasteiger partial charge in [0.05, 0.1) is 19.3 Å². The number of nitrogens with one attached hydrogen (secondary N) is 1. The number of ether oxygens (including phenoxy) is 2. The maximum Gasteiger partial charge on any atom is 0.305 e. The molecule has 1 aromatic rings. The molecule has 0 spiro atoms. The third-order valence-corrected chi connectivity index (χ3v) is 2.62. The molecule has 110 valence electrons. The predicted molar refractivity (Wildman–Crippen MR) is 75.6 cm³/mol. The van der Waals surface area contributed by atoms with Gasteiger partial charge in [0.1, 0.15) is 5.75 Å². The molecular formula is C14H20N2O4.